The van der Waals surface area contributed by atoms with Crippen molar-refractivity contribution in [2.45, 2.75) is 13.8 Å². The molecule has 1 N–H and O–H groups in total. The van der Waals surface area contributed by atoms with E-state index in [9.17, 15) is 0 Å². The van der Waals surface area contributed by atoms with E-state index in [1.807, 2.05) is 19.9 Å². The van der Waals surface area contributed by atoms with Crippen LogP contribution in [0, 0.1) is 13.8 Å². The molecule has 0 fully saturated rings. The minimum atomic E-state index is 0.0694. The summed E-state index contributed by atoms with van der Waals surface area (Å²) < 4.78 is 0. The minimum Gasteiger partial charge on any atom is -0.410 e. The van der Waals surface area contributed by atoms with E-state index in [4.69, 9.17) is 16.8 Å². The highest BCUT2D eigenvalue weighted by Crippen LogP contribution is 2.09. The number of hydrogen-bond acceptors (Lipinski definition) is 3. The fourth-order valence-electron chi connectivity index (χ4n) is 0.958. The first kappa shape index (κ1) is 9.00. The first-order valence-electron chi connectivity index (χ1n) is 3.47. The summed E-state index contributed by atoms with van der Waals surface area (Å²) >= 11 is 5.61. The van der Waals surface area contributed by atoms with Gasteiger partial charge in [0.25, 0.3) is 0 Å². The van der Waals surface area contributed by atoms with Crippen LogP contribution in [-0.4, -0.2) is 15.4 Å². The lowest BCUT2D eigenvalue weighted by atomic mass is 10.2. The molecule has 0 unspecified atom stereocenters. The summed E-state index contributed by atoms with van der Waals surface area (Å²) in [6.45, 7) is 3.71. The third-order valence-electron chi connectivity index (χ3n) is 1.54. The molecule has 0 aliphatic carbocycles. The second kappa shape index (κ2) is 3.54. The van der Waals surface area contributed by atoms with Crippen molar-refractivity contribution in [3.63, 3.8) is 0 Å². The van der Waals surface area contributed by atoms with Crippen LogP contribution in [0.15, 0.2) is 17.3 Å². The van der Waals surface area contributed by atoms with Crippen LogP contribution in [0.5, 0.6) is 0 Å². The third kappa shape index (κ3) is 1.74. The first-order valence-corrected chi connectivity index (χ1v) is 3.85. The van der Waals surface area contributed by atoms with Crippen molar-refractivity contribution in [1.29, 1.82) is 0 Å². The van der Waals surface area contributed by atoms with E-state index in [1.165, 1.54) is 0 Å². The number of rotatable bonds is 1. The van der Waals surface area contributed by atoms with Crippen molar-refractivity contribution in [2.24, 2.45) is 5.16 Å². The Morgan fingerprint density at radius 1 is 1.50 bits per heavy atom. The van der Waals surface area contributed by atoms with Crippen molar-refractivity contribution in [2.75, 3.05) is 0 Å². The van der Waals surface area contributed by atoms with Crippen LogP contribution in [0.1, 0.15) is 17.0 Å². The Morgan fingerprint density at radius 2 is 2.17 bits per heavy atom. The van der Waals surface area contributed by atoms with E-state index < -0.39 is 0 Å². The Balaban J connectivity index is 3.18. The van der Waals surface area contributed by atoms with Crippen molar-refractivity contribution in [1.82, 2.24) is 4.98 Å². The molecule has 1 rings (SSSR count). The van der Waals surface area contributed by atoms with Crippen molar-refractivity contribution < 1.29 is 5.21 Å². The molecule has 0 amide bonds. The quantitative estimate of drug-likeness (QED) is 0.413. The Hall–Kier alpha value is -1.09. The molecule has 0 spiro atoms. The van der Waals surface area contributed by atoms with Crippen LogP contribution in [-0.2, 0) is 0 Å². The summed E-state index contributed by atoms with van der Waals surface area (Å²) in [6, 6.07) is 3.59. The molecule has 3 nitrogen and oxygen atoms in total. The highest BCUT2D eigenvalue weighted by atomic mass is 35.5. The van der Waals surface area contributed by atoms with E-state index in [1.54, 1.807) is 6.07 Å². The van der Waals surface area contributed by atoms with E-state index in [0.717, 1.165) is 11.4 Å². The summed E-state index contributed by atoms with van der Waals surface area (Å²) in [5.74, 6) is 0. The predicted molar refractivity (Wildman–Crippen MR) is 47.9 cm³/mol. The van der Waals surface area contributed by atoms with E-state index in [2.05, 4.69) is 10.1 Å². The second-order valence-corrected chi connectivity index (χ2v) is 2.83. The molecule has 1 aromatic rings. The number of nitrogens with zero attached hydrogens (tertiary/aromatic N) is 2. The molecule has 0 bridgehead atoms. The molecular weight excluding hydrogens is 176 g/mol. The Morgan fingerprint density at radius 3 is 2.67 bits per heavy atom. The van der Waals surface area contributed by atoms with Gasteiger partial charge < -0.3 is 5.21 Å². The maximum Gasteiger partial charge on any atom is 0.177 e. The number of halogens is 1. The highest BCUT2D eigenvalue weighted by Gasteiger charge is 2.04. The van der Waals surface area contributed by atoms with Crippen molar-refractivity contribution in [3.8, 4) is 0 Å². The van der Waals surface area contributed by atoms with Crippen LogP contribution in [0.4, 0.5) is 0 Å². The van der Waals surface area contributed by atoms with Gasteiger partial charge in [-0.3, -0.25) is 4.98 Å². The summed E-state index contributed by atoms with van der Waals surface area (Å²) in [5, 5.41) is 11.4. The van der Waals surface area contributed by atoms with Crippen LogP contribution in [0.3, 0.4) is 0 Å². The maximum absolute atomic E-state index is 8.41. The van der Waals surface area contributed by atoms with Crippen LogP contribution in [0.2, 0.25) is 0 Å². The summed E-state index contributed by atoms with van der Waals surface area (Å²) in [4.78, 5) is 4.17. The lowest BCUT2D eigenvalue weighted by Crippen LogP contribution is -1.98. The zero-order valence-electron chi connectivity index (χ0n) is 6.87. The molecule has 0 radical (unpaired) electrons. The second-order valence-electron chi connectivity index (χ2n) is 2.48. The SMILES string of the molecule is Cc1ccc(C(Cl)=NO)c(C)n1. The molecule has 0 aromatic carbocycles. The normalized spacial score (nSPS) is 11.8. The monoisotopic (exact) mass is 184 g/mol. The highest BCUT2D eigenvalue weighted by molar-refractivity contribution is 6.69. The molecule has 12 heavy (non-hydrogen) atoms. The predicted octanol–water partition coefficient (Wildman–Crippen LogP) is 2.07. The van der Waals surface area contributed by atoms with Gasteiger partial charge in [0, 0.05) is 17.0 Å². The molecule has 4 heteroatoms. The summed E-state index contributed by atoms with van der Waals surface area (Å²) in [6.07, 6.45) is 0. The average Bonchev–Trinajstić information content (AvgIpc) is 2.03. The van der Waals surface area contributed by atoms with E-state index >= 15 is 0 Å². The number of oxime groups is 1. The van der Waals surface area contributed by atoms with Crippen LogP contribution in [0.25, 0.3) is 0 Å². The lowest BCUT2D eigenvalue weighted by molar-refractivity contribution is 0.321. The molecular formula is C8H9ClN2O. The molecule has 0 aliphatic rings. The number of aryl methyl sites for hydroxylation is 2. The lowest BCUT2D eigenvalue weighted by Gasteiger charge is -2.01. The van der Waals surface area contributed by atoms with Gasteiger partial charge in [0.15, 0.2) is 5.17 Å². The molecule has 0 saturated heterocycles. The minimum absolute atomic E-state index is 0.0694. The molecule has 0 saturated carbocycles. The largest absolute Gasteiger partial charge is 0.410 e. The molecule has 0 atom stereocenters. The van der Waals surface area contributed by atoms with Crippen LogP contribution < -0.4 is 0 Å². The zero-order chi connectivity index (χ0) is 9.14. The van der Waals surface area contributed by atoms with Gasteiger partial charge in [-0.1, -0.05) is 16.8 Å². The average molecular weight is 185 g/mol. The number of aromatic nitrogens is 1. The smallest absolute Gasteiger partial charge is 0.177 e. The van der Waals surface area contributed by atoms with Crippen molar-refractivity contribution >= 4 is 16.8 Å². The third-order valence-corrected chi connectivity index (χ3v) is 1.81. The fraction of sp³-hybridized carbons (Fsp3) is 0.250. The Kier molecular flexibility index (Phi) is 2.65. The number of hydrogen-bond donors (Lipinski definition) is 1. The molecule has 1 aromatic heterocycles. The van der Waals surface area contributed by atoms with Gasteiger partial charge in [-0.05, 0) is 26.0 Å². The van der Waals surface area contributed by atoms with E-state index in [-0.39, 0.29) is 5.17 Å². The molecule has 1 heterocycles. The van der Waals surface area contributed by atoms with Gasteiger partial charge in [0.05, 0.1) is 0 Å². The van der Waals surface area contributed by atoms with Gasteiger partial charge in [-0.15, -0.1) is 0 Å². The summed E-state index contributed by atoms with van der Waals surface area (Å²) in [7, 11) is 0. The van der Waals surface area contributed by atoms with Crippen LogP contribution >= 0.6 is 11.6 Å². The first-order chi connectivity index (χ1) is 5.65. The van der Waals surface area contributed by atoms with Gasteiger partial charge in [0.1, 0.15) is 0 Å². The standard InChI is InChI=1S/C8H9ClN2O/c1-5-3-4-7(6(2)10-5)8(9)11-12/h3-4,12H,1-2H3. The fourth-order valence-corrected chi connectivity index (χ4v) is 1.16. The summed E-state index contributed by atoms with van der Waals surface area (Å²) in [5.41, 5.74) is 2.33. The van der Waals surface area contributed by atoms with E-state index in [0.29, 0.717) is 5.56 Å². The van der Waals surface area contributed by atoms with Gasteiger partial charge >= 0.3 is 0 Å². The van der Waals surface area contributed by atoms with Gasteiger partial charge in [-0.25, -0.2) is 0 Å². The Bertz CT molecular complexity index is 323. The zero-order valence-corrected chi connectivity index (χ0v) is 7.63. The van der Waals surface area contributed by atoms with Crippen molar-refractivity contribution in [3.05, 3.63) is 29.1 Å². The number of pyridine rings is 1. The van der Waals surface area contributed by atoms with Gasteiger partial charge in [-0.2, -0.15) is 0 Å². The Labute approximate surface area is 75.7 Å². The molecule has 0 aliphatic heterocycles. The van der Waals surface area contributed by atoms with Gasteiger partial charge in [0.2, 0.25) is 0 Å². The topological polar surface area (TPSA) is 45.5 Å². The maximum atomic E-state index is 8.41. The molecule has 64 valence electrons.